The lowest BCUT2D eigenvalue weighted by atomic mass is 10.3. The molecule has 1 atom stereocenters. The monoisotopic (exact) mass is 231 g/mol. The van der Waals surface area contributed by atoms with Crippen molar-refractivity contribution in [2.75, 3.05) is 11.9 Å². The molecule has 1 unspecified atom stereocenters. The quantitative estimate of drug-likeness (QED) is 0.773. The van der Waals surface area contributed by atoms with Gasteiger partial charge in [-0.05, 0) is 6.92 Å². The second-order valence-electron chi connectivity index (χ2n) is 3.94. The molecule has 0 radical (unpaired) electrons. The molecule has 17 heavy (non-hydrogen) atoms. The van der Waals surface area contributed by atoms with E-state index in [0.29, 0.717) is 6.04 Å². The highest BCUT2D eigenvalue weighted by atomic mass is 15.2. The molecule has 2 aromatic rings. The van der Waals surface area contributed by atoms with Crippen molar-refractivity contribution in [3.8, 4) is 0 Å². The summed E-state index contributed by atoms with van der Waals surface area (Å²) in [6.45, 7) is 7.43. The molecule has 0 saturated carbocycles. The third-order valence-corrected chi connectivity index (χ3v) is 2.58. The molecule has 5 heteroatoms. The Morgan fingerprint density at radius 2 is 2.35 bits per heavy atom. The summed E-state index contributed by atoms with van der Waals surface area (Å²) in [6.07, 6.45) is 11.2. The van der Waals surface area contributed by atoms with Crippen LogP contribution in [0.2, 0.25) is 0 Å². The molecule has 0 fully saturated rings. The third-order valence-electron chi connectivity index (χ3n) is 2.58. The van der Waals surface area contributed by atoms with E-state index in [1.807, 2.05) is 24.8 Å². The second kappa shape index (κ2) is 5.34. The van der Waals surface area contributed by atoms with Crippen LogP contribution < -0.4 is 5.32 Å². The minimum atomic E-state index is 0.319. The van der Waals surface area contributed by atoms with Gasteiger partial charge in [0.2, 0.25) is 5.95 Å². The molecule has 2 rings (SSSR count). The van der Waals surface area contributed by atoms with Gasteiger partial charge in [0, 0.05) is 37.9 Å². The molecule has 1 N–H and O–H groups in total. The molecule has 0 aliphatic rings. The molecule has 0 aromatic carbocycles. The van der Waals surface area contributed by atoms with E-state index in [1.165, 1.54) is 0 Å². The van der Waals surface area contributed by atoms with E-state index >= 15 is 0 Å². The summed E-state index contributed by atoms with van der Waals surface area (Å²) in [5, 5.41) is 3.21. The van der Waals surface area contributed by atoms with Gasteiger partial charge < -0.3 is 14.5 Å². The fraction of sp³-hybridized carbons (Fsp3) is 0.333. The first-order valence-corrected chi connectivity index (χ1v) is 5.64. The number of nitrogens with one attached hydrogen (secondary N) is 1. The van der Waals surface area contributed by atoms with Crippen LogP contribution in [0.3, 0.4) is 0 Å². The van der Waals surface area contributed by atoms with Crippen LogP contribution in [0.4, 0.5) is 5.95 Å². The lowest BCUT2D eigenvalue weighted by Crippen LogP contribution is -2.15. The van der Waals surface area contributed by atoms with Gasteiger partial charge in [0.25, 0.3) is 0 Å². The van der Waals surface area contributed by atoms with Crippen molar-refractivity contribution in [3.05, 3.63) is 43.8 Å². The van der Waals surface area contributed by atoms with Crippen LogP contribution in [0.5, 0.6) is 0 Å². The first-order valence-electron chi connectivity index (χ1n) is 5.64. The Balaban J connectivity index is 2.05. The van der Waals surface area contributed by atoms with Gasteiger partial charge in [0.05, 0.1) is 12.4 Å². The second-order valence-corrected chi connectivity index (χ2v) is 3.94. The van der Waals surface area contributed by atoms with E-state index in [2.05, 4.69) is 37.9 Å². The fourth-order valence-corrected chi connectivity index (χ4v) is 1.76. The highest BCUT2D eigenvalue weighted by molar-refractivity contribution is 5.27. The third kappa shape index (κ3) is 2.75. The smallest absolute Gasteiger partial charge is 0.203 e. The maximum absolute atomic E-state index is 4.28. The molecule has 0 aliphatic heterocycles. The van der Waals surface area contributed by atoms with E-state index in [-0.39, 0.29) is 0 Å². The zero-order chi connectivity index (χ0) is 12.1. The summed E-state index contributed by atoms with van der Waals surface area (Å²) >= 11 is 0. The van der Waals surface area contributed by atoms with E-state index in [0.717, 1.165) is 19.0 Å². The van der Waals surface area contributed by atoms with Gasteiger partial charge in [-0.25, -0.2) is 9.97 Å². The highest BCUT2D eigenvalue weighted by Gasteiger charge is 2.09. The molecule has 0 saturated heterocycles. The number of hydrogen-bond acceptors (Lipinski definition) is 3. The number of aromatic nitrogens is 4. The minimum Gasteiger partial charge on any atom is -0.352 e. The van der Waals surface area contributed by atoms with Crippen LogP contribution in [0.25, 0.3) is 0 Å². The fourth-order valence-electron chi connectivity index (χ4n) is 1.76. The predicted octanol–water partition coefficient (Wildman–Crippen LogP) is 1.94. The van der Waals surface area contributed by atoms with Gasteiger partial charge in [-0.3, -0.25) is 0 Å². The number of rotatable bonds is 6. The molecule has 0 spiro atoms. The van der Waals surface area contributed by atoms with Gasteiger partial charge in [0.15, 0.2) is 0 Å². The number of imidazole rings is 2. The maximum Gasteiger partial charge on any atom is 0.203 e. The van der Waals surface area contributed by atoms with Crippen LogP contribution in [0.15, 0.2) is 43.8 Å². The van der Waals surface area contributed by atoms with Gasteiger partial charge in [-0.15, -0.1) is 6.58 Å². The maximum atomic E-state index is 4.28. The van der Waals surface area contributed by atoms with Crippen molar-refractivity contribution in [1.29, 1.82) is 0 Å². The van der Waals surface area contributed by atoms with Crippen LogP contribution in [0, 0.1) is 0 Å². The summed E-state index contributed by atoms with van der Waals surface area (Å²) in [5.74, 6) is 0.873. The molecule has 2 aromatic heterocycles. The molecule has 5 nitrogen and oxygen atoms in total. The van der Waals surface area contributed by atoms with E-state index < -0.39 is 0 Å². The average Bonchev–Trinajstić information content (AvgIpc) is 2.96. The summed E-state index contributed by atoms with van der Waals surface area (Å²) < 4.78 is 4.17. The molecule has 0 amide bonds. The minimum absolute atomic E-state index is 0.319. The summed E-state index contributed by atoms with van der Waals surface area (Å²) in [6, 6.07) is 0.319. The van der Waals surface area contributed by atoms with Crippen molar-refractivity contribution in [1.82, 2.24) is 19.1 Å². The summed E-state index contributed by atoms with van der Waals surface area (Å²) in [7, 11) is 0. The van der Waals surface area contributed by atoms with Crippen molar-refractivity contribution in [3.63, 3.8) is 0 Å². The van der Waals surface area contributed by atoms with Gasteiger partial charge in [-0.2, -0.15) is 0 Å². The Bertz CT molecular complexity index is 457. The van der Waals surface area contributed by atoms with Gasteiger partial charge in [-0.1, -0.05) is 6.08 Å². The first kappa shape index (κ1) is 11.4. The normalized spacial score (nSPS) is 12.3. The summed E-state index contributed by atoms with van der Waals surface area (Å²) in [4.78, 5) is 8.32. The molecule has 0 aliphatic carbocycles. The van der Waals surface area contributed by atoms with Gasteiger partial charge in [0.1, 0.15) is 0 Å². The zero-order valence-corrected chi connectivity index (χ0v) is 9.95. The SMILES string of the molecule is C=CCNc1nccn1C(C)Cn1ccnc1. The van der Waals surface area contributed by atoms with Crippen molar-refractivity contribution in [2.24, 2.45) is 0 Å². The van der Waals surface area contributed by atoms with E-state index in [4.69, 9.17) is 0 Å². The van der Waals surface area contributed by atoms with E-state index in [9.17, 15) is 0 Å². The van der Waals surface area contributed by atoms with Crippen LogP contribution in [0.1, 0.15) is 13.0 Å². The summed E-state index contributed by atoms with van der Waals surface area (Å²) in [5.41, 5.74) is 0. The standard InChI is InChI=1S/C12H17N5/c1-3-4-14-12-15-6-8-17(12)11(2)9-16-7-5-13-10-16/h3,5-8,10-11H,1,4,9H2,2H3,(H,14,15). The molecule has 90 valence electrons. The van der Waals surface area contributed by atoms with E-state index in [1.54, 1.807) is 12.4 Å². The number of nitrogens with zero attached hydrogens (tertiary/aromatic N) is 4. The molecule has 0 bridgehead atoms. The van der Waals surface area contributed by atoms with Crippen LogP contribution in [-0.2, 0) is 6.54 Å². The number of hydrogen-bond donors (Lipinski definition) is 1. The Kier molecular flexibility index (Phi) is 3.59. The van der Waals surface area contributed by atoms with Gasteiger partial charge >= 0.3 is 0 Å². The molecular weight excluding hydrogens is 214 g/mol. The largest absolute Gasteiger partial charge is 0.352 e. The first-order chi connectivity index (χ1) is 8.31. The zero-order valence-electron chi connectivity index (χ0n) is 9.95. The predicted molar refractivity (Wildman–Crippen MR) is 67.9 cm³/mol. The average molecular weight is 231 g/mol. The molecular formula is C12H17N5. The highest BCUT2D eigenvalue weighted by Crippen LogP contribution is 2.15. The Morgan fingerprint density at radius 3 is 3.06 bits per heavy atom. The van der Waals surface area contributed by atoms with Crippen LogP contribution in [-0.4, -0.2) is 25.6 Å². The molecule has 2 heterocycles. The topological polar surface area (TPSA) is 47.7 Å². The Labute approximate surface area is 101 Å². The van der Waals surface area contributed by atoms with Crippen molar-refractivity contribution in [2.45, 2.75) is 19.5 Å². The lowest BCUT2D eigenvalue weighted by molar-refractivity contribution is 0.468. The number of anilines is 1. The van der Waals surface area contributed by atoms with Crippen LogP contribution >= 0.6 is 0 Å². The lowest BCUT2D eigenvalue weighted by Gasteiger charge is -2.17. The van der Waals surface area contributed by atoms with Crippen molar-refractivity contribution >= 4 is 5.95 Å². The Morgan fingerprint density at radius 1 is 1.47 bits per heavy atom. The van der Waals surface area contributed by atoms with Crippen molar-refractivity contribution < 1.29 is 0 Å². The Hall–Kier alpha value is -2.04.